The number of para-hydroxylation sites is 3. The van der Waals surface area contributed by atoms with Crippen LogP contribution >= 0.6 is 11.3 Å². The maximum absolute atomic E-state index is 12.8. The first kappa shape index (κ1) is 19.7. The van der Waals surface area contributed by atoms with Crippen LogP contribution in [0.25, 0.3) is 11.0 Å². The van der Waals surface area contributed by atoms with Crippen LogP contribution in [0.1, 0.15) is 33.4 Å². The number of hydrogen-bond acceptors (Lipinski definition) is 5. The fourth-order valence-corrected chi connectivity index (χ4v) is 3.96. The minimum absolute atomic E-state index is 0.234. The number of thiophene rings is 1. The number of fused-ring (bicyclic) bond motifs is 1. The number of aryl methyl sites for hydroxylation is 1. The Morgan fingerprint density at radius 1 is 1.00 bits per heavy atom. The molecule has 2 aromatic heterocycles. The smallest absolute Gasteiger partial charge is 0.292 e. The number of furan rings is 1. The number of nitrogens with one attached hydrogen (secondary N) is 2. The molecule has 2 aromatic carbocycles. The summed E-state index contributed by atoms with van der Waals surface area (Å²) in [5.41, 5.74) is 2.35. The highest BCUT2D eigenvalue weighted by Gasteiger charge is 2.21. The van der Waals surface area contributed by atoms with Gasteiger partial charge >= 0.3 is 0 Å². The molecule has 0 radical (unpaired) electrons. The average molecular weight is 420 g/mol. The lowest BCUT2D eigenvalue weighted by molar-refractivity contribution is 0.0998. The van der Waals surface area contributed by atoms with Gasteiger partial charge in [-0.3, -0.25) is 9.59 Å². The largest absolute Gasteiger partial charge is 0.492 e. The molecule has 0 bridgehead atoms. The van der Waals surface area contributed by atoms with Crippen molar-refractivity contribution in [1.82, 2.24) is 0 Å². The molecule has 4 rings (SSSR count). The quantitative estimate of drug-likeness (QED) is 0.419. The minimum Gasteiger partial charge on any atom is -0.492 e. The van der Waals surface area contributed by atoms with Crippen LogP contribution in [0.15, 0.2) is 64.4 Å². The summed E-state index contributed by atoms with van der Waals surface area (Å²) in [4.78, 5) is 25.7. The predicted octanol–water partition coefficient (Wildman–Crippen LogP) is 5.71. The number of amides is 2. The Bertz CT molecular complexity index is 1220. The van der Waals surface area contributed by atoms with Crippen molar-refractivity contribution in [2.45, 2.75) is 13.8 Å². The zero-order chi connectivity index (χ0) is 21.1. The van der Waals surface area contributed by atoms with Gasteiger partial charge in [0.1, 0.15) is 16.3 Å². The highest BCUT2D eigenvalue weighted by Crippen LogP contribution is 2.30. The lowest BCUT2D eigenvalue weighted by atomic mass is 10.1. The van der Waals surface area contributed by atoms with Crippen LogP contribution < -0.4 is 15.4 Å². The van der Waals surface area contributed by atoms with Gasteiger partial charge in [0.2, 0.25) is 0 Å². The second kappa shape index (κ2) is 8.42. The van der Waals surface area contributed by atoms with Crippen LogP contribution in [0.4, 0.5) is 10.7 Å². The number of carbonyl (C=O) groups excluding carboxylic acids is 2. The fourth-order valence-electron chi connectivity index (χ4n) is 3.18. The molecule has 2 N–H and O–H groups in total. The second-order valence-electron chi connectivity index (χ2n) is 6.55. The summed E-state index contributed by atoms with van der Waals surface area (Å²) >= 11 is 1.27. The lowest BCUT2D eigenvalue weighted by Crippen LogP contribution is -2.17. The van der Waals surface area contributed by atoms with Gasteiger partial charge in [-0.15, -0.1) is 11.3 Å². The van der Waals surface area contributed by atoms with E-state index in [1.54, 1.807) is 23.6 Å². The van der Waals surface area contributed by atoms with Gasteiger partial charge < -0.3 is 19.8 Å². The molecule has 0 saturated heterocycles. The van der Waals surface area contributed by atoms with Crippen molar-refractivity contribution in [3.63, 3.8) is 0 Å². The Labute approximate surface area is 177 Å². The van der Waals surface area contributed by atoms with E-state index in [1.165, 1.54) is 11.3 Å². The molecule has 2 heterocycles. The van der Waals surface area contributed by atoms with Gasteiger partial charge in [-0.25, -0.2) is 0 Å². The van der Waals surface area contributed by atoms with Crippen LogP contribution in [-0.2, 0) is 0 Å². The minimum atomic E-state index is -0.394. The highest BCUT2D eigenvalue weighted by molar-refractivity contribution is 7.14. The van der Waals surface area contributed by atoms with Crippen molar-refractivity contribution in [2.24, 2.45) is 0 Å². The molecule has 6 nitrogen and oxygen atoms in total. The Kier molecular flexibility index (Phi) is 5.54. The molecule has 0 aliphatic rings. The number of anilines is 2. The third-order valence-electron chi connectivity index (χ3n) is 4.62. The Hall–Kier alpha value is -3.58. The zero-order valence-corrected chi connectivity index (χ0v) is 17.3. The van der Waals surface area contributed by atoms with Crippen LogP contribution in [0.3, 0.4) is 0 Å². The number of ether oxygens (including phenoxy) is 1. The first-order valence-electron chi connectivity index (χ1n) is 9.48. The number of rotatable bonds is 6. The van der Waals surface area contributed by atoms with Gasteiger partial charge in [0.05, 0.1) is 17.9 Å². The number of benzene rings is 2. The van der Waals surface area contributed by atoms with Gasteiger partial charge in [-0.1, -0.05) is 30.3 Å². The molecule has 152 valence electrons. The van der Waals surface area contributed by atoms with E-state index in [9.17, 15) is 9.59 Å². The number of hydrogen-bond donors (Lipinski definition) is 2. The molecule has 0 aliphatic carbocycles. The Morgan fingerprint density at radius 2 is 1.77 bits per heavy atom. The van der Waals surface area contributed by atoms with Crippen molar-refractivity contribution in [2.75, 3.05) is 17.2 Å². The summed E-state index contributed by atoms with van der Waals surface area (Å²) in [6, 6.07) is 16.4. The van der Waals surface area contributed by atoms with Gasteiger partial charge in [-0.2, -0.15) is 0 Å². The molecule has 0 unspecified atom stereocenters. The highest BCUT2D eigenvalue weighted by atomic mass is 32.1. The molecule has 7 heteroatoms. The standard InChI is InChI=1S/C23H20N2O4S/c1-3-28-19-11-7-5-9-17(19)24-21(26)16-12-13-30-23(16)25-22(27)20-14(2)15-8-4-6-10-18(15)29-20/h4-13H,3H2,1-2H3,(H,24,26)(H,25,27). The van der Waals surface area contributed by atoms with Crippen molar-refractivity contribution >= 4 is 44.8 Å². The number of carbonyl (C=O) groups is 2. The van der Waals surface area contributed by atoms with Gasteiger partial charge in [0, 0.05) is 10.9 Å². The molecular weight excluding hydrogens is 400 g/mol. The first-order chi connectivity index (χ1) is 14.6. The normalized spacial score (nSPS) is 10.7. The molecule has 0 atom stereocenters. The van der Waals surface area contributed by atoms with Crippen LogP contribution in [0.2, 0.25) is 0 Å². The van der Waals surface area contributed by atoms with E-state index >= 15 is 0 Å². The summed E-state index contributed by atoms with van der Waals surface area (Å²) in [6.07, 6.45) is 0. The molecule has 4 aromatic rings. The van der Waals surface area contributed by atoms with E-state index < -0.39 is 5.91 Å². The van der Waals surface area contributed by atoms with Crippen LogP contribution in [0.5, 0.6) is 5.75 Å². The maximum Gasteiger partial charge on any atom is 0.292 e. The van der Waals surface area contributed by atoms with Gasteiger partial charge in [0.25, 0.3) is 11.8 Å². The van der Waals surface area contributed by atoms with Crippen LogP contribution in [0, 0.1) is 6.92 Å². The third-order valence-corrected chi connectivity index (χ3v) is 5.45. The second-order valence-corrected chi connectivity index (χ2v) is 7.47. The summed E-state index contributed by atoms with van der Waals surface area (Å²) in [5.74, 6) is 0.0969. The summed E-state index contributed by atoms with van der Waals surface area (Å²) in [7, 11) is 0. The summed E-state index contributed by atoms with van der Waals surface area (Å²) < 4.78 is 11.3. The molecule has 30 heavy (non-hydrogen) atoms. The molecule has 2 amide bonds. The van der Waals surface area contributed by atoms with Gasteiger partial charge in [0.15, 0.2) is 5.76 Å². The zero-order valence-electron chi connectivity index (χ0n) is 16.5. The van der Waals surface area contributed by atoms with E-state index in [2.05, 4.69) is 10.6 Å². The van der Waals surface area contributed by atoms with Crippen molar-refractivity contribution in [3.05, 3.63) is 76.9 Å². The van der Waals surface area contributed by atoms with Crippen molar-refractivity contribution < 1.29 is 18.7 Å². The summed E-state index contributed by atoms with van der Waals surface area (Å²) in [6.45, 7) is 4.21. The van der Waals surface area contributed by atoms with Crippen molar-refractivity contribution in [1.29, 1.82) is 0 Å². The Morgan fingerprint density at radius 3 is 2.57 bits per heavy atom. The maximum atomic E-state index is 12.8. The topological polar surface area (TPSA) is 80.6 Å². The molecule has 0 saturated carbocycles. The average Bonchev–Trinajstić information content (AvgIpc) is 3.34. The van der Waals surface area contributed by atoms with E-state index in [0.717, 1.165) is 10.9 Å². The lowest BCUT2D eigenvalue weighted by Gasteiger charge is -2.11. The fraction of sp³-hybridized carbons (Fsp3) is 0.130. The third kappa shape index (κ3) is 3.79. The Balaban J connectivity index is 1.55. The molecule has 0 spiro atoms. The van der Waals surface area contributed by atoms with Crippen LogP contribution in [-0.4, -0.2) is 18.4 Å². The van der Waals surface area contributed by atoms with E-state index in [-0.39, 0.29) is 11.7 Å². The van der Waals surface area contributed by atoms with E-state index in [1.807, 2.05) is 50.2 Å². The van der Waals surface area contributed by atoms with E-state index in [0.29, 0.717) is 34.2 Å². The van der Waals surface area contributed by atoms with E-state index in [4.69, 9.17) is 9.15 Å². The first-order valence-corrected chi connectivity index (χ1v) is 10.4. The van der Waals surface area contributed by atoms with Crippen molar-refractivity contribution in [3.8, 4) is 5.75 Å². The monoisotopic (exact) mass is 420 g/mol. The molecular formula is C23H20N2O4S. The summed E-state index contributed by atoms with van der Waals surface area (Å²) in [5, 5.41) is 8.75. The predicted molar refractivity (Wildman–Crippen MR) is 119 cm³/mol. The molecule has 0 aliphatic heterocycles. The molecule has 0 fully saturated rings. The SMILES string of the molecule is CCOc1ccccc1NC(=O)c1ccsc1NC(=O)c1oc2ccccc2c1C. The van der Waals surface area contributed by atoms with Gasteiger partial charge in [-0.05, 0) is 43.5 Å².